The molecule has 1 aromatic heterocycles. The lowest BCUT2D eigenvalue weighted by Crippen LogP contribution is -2.10. The van der Waals surface area contributed by atoms with Crippen LogP contribution in [-0.4, -0.2) is 9.97 Å². The summed E-state index contributed by atoms with van der Waals surface area (Å²) in [5.74, 6) is -1.13. The fourth-order valence-electron chi connectivity index (χ4n) is 1.23. The second kappa shape index (κ2) is 4.52. The summed E-state index contributed by atoms with van der Waals surface area (Å²) in [5.41, 5.74) is 5.96. The van der Waals surface area contributed by atoms with Crippen molar-refractivity contribution in [3.63, 3.8) is 0 Å². The van der Waals surface area contributed by atoms with Gasteiger partial charge >= 0.3 is 6.18 Å². The van der Waals surface area contributed by atoms with Crippen molar-refractivity contribution in [2.24, 2.45) is 0 Å². The summed E-state index contributed by atoms with van der Waals surface area (Å²) in [4.78, 5) is 6.40. The average Bonchev–Trinajstić information content (AvgIpc) is 2.28. The third-order valence-electron chi connectivity index (χ3n) is 1.96. The van der Waals surface area contributed by atoms with Gasteiger partial charge in [0, 0.05) is 24.0 Å². The van der Waals surface area contributed by atoms with Crippen molar-refractivity contribution in [3.8, 4) is 11.6 Å². The molecule has 1 heterocycles. The quantitative estimate of drug-likeness (QED) is 0.838. The number of hydrogen-bond donors (Lipinski definition) is 1. The van der Waals surface area contributed by atoms with Crippen LogP contribution in [-0.2, 0) is 6.18 Å². The van der Waals surface area contributed by atoms with Gasteiger partial charge in [0.15, 0.2) is 0 Å². The van der Waals surface area contributed by atoms with E-state index in [1.165, 1.54) is 12.1 Å². The fourth-order valence-corrected chi connectivity index (χ4v) is 1.23. The van der Waals surface area contributed by atoms with Crippen molar-refractivity contribution in [2.45, 2.75) is 6.18 Å². The van der Waals surface area contributed by atoms with Crippen LogP contribution in [0.5, 0.6) is 11.6 Å². The Morgan fingerprint density at radius 3 is 2.61 bits per heavy atom. The van der Waals surface area contributed by atoms with Gasteiger partial charge in [-0.1, -0.05) is 6.07 Å². The number of nitrogen functional groups attached to an aromatic ring is 1. The maximum atomic E-state index is 12.4. The molecule has 0 aliphatic heterocycles. The zero-order valence-electron chi connectivity index (χ0n) is 8.98. The van der Waals surface area contributed by atoms with Gasteiger partial charge < -0.3 is 10.5 Å². The minimum Gasteiger partial charge on any atom is -0.439 e. The molecule has 2 aromatic rings. The predicted molar refractivity (Wildman–Crippen MR) is 58.0 cm³/mol. The lowest BCUT2D eigenvalue weighted by molar-refractivity contribution is -0.145. The highest BCUT2D eigenvalue weighted by Crippen LogP contribution is 2.28. The number of halogens is 3. The second-order valence-corrected chi connectivity index (χ2v) is 3.39. The van der Waals surface area contributed by atoms with Crippen molar-refractivity contribution < 1.29 is 17.9 Å². The molecule has 0 fully saturated rings. The van der Waals surface area contributed by atoms with Gasteiger partial charge in [-0.3, -0.25) is 0 Å². The Labute approximate surface area is 100 Å². The number of alkyl halides is 3. The summed E-state index contributed by atoms with van der Waals surface area (Å²) in [5, 5.41) is 0. The van der Waals surface area contributed by atoms with Crippen LogP contribution in [0.25, 0.3) is 0 Å². The SMILES string of the molecule is Nc1cccc(Oc2ccnc(C(F)(F)F)n2)c1. The van der Waals surface area contributed by atoms with Crippen molar-refractivity contribution in [2.75, 3.05) is 5.73 Å². The topological polar surface area (TPSA) is 61.0 Å². The van der Waals surface area contributed by atoms with Crippen molar-refractivity contribution in [3.05, 3.63) is 42.4 Å². The normalized spacial score (nSPS) is 11.3. The number of hydrogen-bond acceptors (Lipinski definition) is 4. The highest BCUT2D eigenvalue weighted by atomic mass is 19.4. The van der Waals surface area contributed by atoms with E-state index >= 15 is 0 Å². The molecule has 0 bridgehead atoms. The molecule has 94 valence electrons. The lowest BCUT2D eigenvalue weighted by atomic mass is 10.3. The molecular weight excluding hydrogens is 247 g/mol. The predicted octanol–water partition coefficient (Wildman–Crippen LogP) is 2.87. The molecule has 0 amide bonds. The highest BCUT2D eigenvalue weighted by molar-refractivity contribution is 5.44. The van der Waals surface area contributed by atoms with Gasteiger partial charge in [0.2, 0.25) is 11.7 Å². The van der Waals surface area contributed by atoms with Gasteiger partial charge in [-0.05, 0) is 12.1 Å². The van der Waals surface area contributed by atoms with E-state index in [2.05, 4.69) is 9.97 Å². The lowest BCUT2D eigenvalue weighted by Gasteiger charge is -2.08. The average molecular weight is 255 g/mol. The zero-order valence-corrected chi connectivity index (χ0v) is 8.98. The molecule has 18 heavy (non-hydrogen) atoms. The first-order valence-electron chi connectivity index (χ1n) is 4.89. The van der Waals surface area contributed by atoms with Crippen LogP contribution in [0.2, 0.25) is 0 Å². The van der Waals surface area contributed by atoms with Crippen LogP contribution in [0.1, 0.15) is 5.82 Å². The molecule has 0 unspecified atom stereocenters. The molecule has 7 heteroatoms. The van der Waals surface area contributed by atoms with E-state index in [0.717, 1.165) is 6.20 Å². The van der Waals surface area contributed by atoms with Crippen LogP contribution in [0.3, 0.4) is 0 Å². The summed E-state index contributed by atoms with van der Waals surface area (Å²) < 4.78 is 42.3. The number of aromatic nitrogens is 2. The Morgan fingerprint density at radius 1 is 1.17 bits per heavy atom. The molecule has 2 N–H and O–H groups in total. The highest BCUT2D eigenvalue weighted by Gasteiger charge is 2.34. The first kappa shape index (κ1) is 12.2. The first-order valence-corrected chi connectivity index (χ1v) is 4.89. The molecule has 1 aromatic carbocycles. The largest absolute Gasteiger partial charge is 0.451 e. The molecule has 2 rings (SSSR count). The minimum atomic E-state index is -4.60. The number of benzene rings is 1. The van der Waals surface area contributed by atoms with Crippen molar-refractivity contribution in [1.82, 2.24) is 9.97 Å². The summed E-state index contributed by atoms with van der Waals surface area (Å²) in [7, 11) is 0. The van der Waals surface area contributed by atoms with Gasteiger partial charge in [-0.25, -0.2) is 4.98 Å². The molecule has 4 nitrogen and oxygen atoms in total. The van der Waals surface area contributed by atoms with E-state index in [1.54, 1.807) is 18.2 Å². The Bertz CT molecular complexity index is 557. The number of anilines is 1. The van der Waals surface area contributed by atoms with Crippen LogP contribution < -0.4 is 10.5 Å². The molecule has 0 aliphatic carbocycles. The third kappa shape index (κ3) is 2.88. The summed E-state index contributed by atoms with van der Waals surface area (Å²) in [6, 6.07) is 7.53. The summed E-state index contributed by atoms with van der Waals surface area (Å²) in [6.45, 7) is 0. The van der Waals surface area contributed by atoms with E-state index in [4.69, 9.17) is 10.5 Å². The molecule has 0 radical (unpaired) electrons. The van der Waals surface area contributed by atoms with Crippen LogP contribution in [0.4, 0.5) is 18.9 Å². The molecule has 0 aliphatic rings. The third-order valence-corrected chi connectivity index (χ3v) is 1.96. The van der Waals surface area contributed by atoms with Gasteiger partial charge in [-0.2, -0.15) is 18.2 Å². The maximum absolute atomic E-state index is 12.4. The molecule has 0 saturated heterocycles. The van der Waals surface area contributed by atoms with Crippen LogP contribution >= 0.6 is 0 Å². The van der Waals surface area contributed by atoms with E-state index in [1.807, 2.05) is 0 Å². The van der Waals surface area contributed by atoms with Crippen molar-refractivity contribution >= 4 is 5.69 Å². The standard InChI is InChI=1S/C11H8F3N3O/c12-11(13,14)10-16-5-4-9(17-10)18-8-3-1-2-7(15)6-8/h1-6H,15H2. The van der Waals surface area contributed by atoms with E-state index in [-0.39, 0.29) is 5.88 Å². The zero-order chi connectivity index (χ0) is 13.2. The van der Waals surface area contributed by atoms with Crippen molar-refractivity contribution in [1.29, 1.82) is 0 Å². The Balaban J connectivity index is 2.25. The minimum absolute atomic E-state index is 0.192. The van der Waals surface area contributed by atoms with Gasteiger partial charge in [0.25, 0.3) is 0 Å². The van der Waals surface area contributed by atoms with Crippen LogP contribution in [0.15, 0.2) is 36.5 Å². The van der Waals surface area contributed by atoms with Crippen LogP contribution in [0, 0.1) is 0 Å². The molecular formula is C11H8F3N3O. The number of rotatable bonds is 2. The molecule has 0 saturated carbocycles. The Kier molecular flexibility index (Phi) is 3.05. The Morgan fingerprint density at radius 2 is 1.94 bits per heavy atom. The maximum Gasteiger partial charge on any atom is 0.451 e. The Hall–Kier alpha value is -2.31. The van der Waals surface area contributed by atoms with E-state index in [9.17, 15) is 13.2 Å². The summed E-state index contributed by atoms with van der Waals surface area (Å²) in [6.07, 6.45) is -3.62. The monoisotopic (exact) mass is 255 g/mol. The smallest absolute Gasteiger partial charge is 0.439 e. The van der Waals surface area contributed by atoms with Gasteiger partial charge in [0.1, 0.15) is 5.75 Å². The van der Waals surface area contributed by atoms with E-state index in [0.29, 0.717) is 11.4 Å². The fraction of sp³-hybridized carbons (Fsp3) is 0.0909. The van der Waals surface area contributed by atoms with E-state index < -0.39 is 12.0 Å². The van der Waals surface area contributed by atoms with Gasteiger partial charge in [0.05, 0.1) is 0 Å². The number of nitrogens with zero attached hydrogens (tertiary/aromatic N) is 2. The molecule has 0 atom stereocenters. The molecule has 0 spiro atoms. The van der Waals surface area contributed by atoms with Gasteiger partial charge in [-0.15, -0.1) is 0 Å². The second-order valence-electron chi connectivity index (χ2n) is 3.39. The number of ether oxygens (including phenoxy) is 1. The first-order chi connectivity index (χ1) is 8.45. The summed E-state index contributed by atoms with van der Waals surface area (Å²) >= 11 is 0. The number of nitrogens with two attached hydrogens (primary N) is 1.